The molecular formula is C18H19N3OS. The summed E-state index contributed by atoms with van der Waals surface area (Å²) in [5.41, 5.74) is 5.85. The van der Waals surface area contributed by atoms with Gasteiger partial charge in [-0.15, -0.1) is 0 Å². The molecule has 0 radical (unpaired) electrons. The van der Waals surface area contributed by atoms with Gasteiger partial charge in [-0.3, -0.25) is 4.98 Å². The van der Waals surface area contributed by atoms with E-state index in [-0.39, 0.29) is 0 Å². The summed E-state index contributed by atoms with van der Waals surface area (Å²) in [6, 6.07) is 8.20. The number of pyridine rings is 1. The Balaban J connectivity index is 1.64. The van der Waals surface area contributed by atoms with Crippen molar-refractivity contribution in [1.29, 1.82) is 0 Å². The maximum Gasteiger partial charge on any atom is 0.167 e. The lowest BCUT2D eigenvalue weighted by Gasteiger charge is -2.23. The molecule has 1 aliphatic carbocycles. The third kappa shape index (κ3) is 2.81. The Morgan fingerprint density at radius 2 is 2.22 bits per heavy atom. The fraction of sp³-hybridized carbons (Fsp3) is 0.333. The highest BCUT2D eigenvalue weighted by Gasteiger charge is 2.24. The number of hydrogen-bond acceptors (Lipinski definition) is 4. The third-order valence-corrected chi connectivity index (χ3v) is 5.44. The minimum absolute atomic E-state index is 0.377. The van der Waals surface area contributed by atoms with E-state index in [2.05, 4.69) is 18.0 Å². The van der Waals surface area contributed by atoms with E-state index in [1.165, 1.54) is 23.2 Å². The van der Waals surface area contributed by atoms with Crippen LogP contribution in [-0.4, -0.2) is 22.1 Å². The molecule has 0 saturated carbocycles. The van der Waals surface area contributed by atoms with Gasteiger partial charge in [0, 0.05) is 12.3 Å². The van der Waals surface area contributed by atoms with Crippen molar-refractivity contribution in [1.82, 2.24) is 15.0 Å². The van der Waals surface area contributed by atoms with Crippen molar-refractivity contribution < 1.29 is 4.74 Å². The average molecular weight is 325 g/mol. The molecule has 5 heteroatoms. The predicted octanol–water partition coefficient (Wildman–Crippen LogP) is 4.44. The zero-order valence-electron chi connectivity index (χ0n) is 13.3. The van der Waals surface area contributed by atoms with Crippen molar-refractivity contribution in [3.63, 3.8) is 0 Å². The summed E-state index contributed by atoms with van der Waals surface area (Å²) in [7, 11) is 1.68. The van der Waals surface area contributed by atoms with Gasteiger partial charge in [0.2, 0.25) is 0 Å². The highest BCUT2D eigenvalue weighted by Crippen LogP contribution is 2.42. The quantitative estimate of drug-likeness (QED) is 0.773. The summed E-state index contributed by atoms with van der Waals surface area (Å²) in [5, 5.41) is 1.33. The second-order valence-electron chi connectivity index (χ2n) is 5.98. The molecule has 1 unspecified atom stereocenters. The van der Waals surface area contributed by atoms with E-state index in [1.807, 2.05) is 24.4 Å². The second-order valence-corrected chi connectivity index (χ2v) is 7.17. The molecule has 1 aromatic carbocycles. The number of rotatable bonds is 3. The molecule has 0 amide bonds. The first-order valence-electron chi connectivity index (χ1n) is 7.89. The summed E-state index contributed by atoms with van der Waals surface area (Å²) in [6.07, 6.45) is 5.47. The van der Waals surface area contributed by atoms with Gasteiger partial charge in [0.15, 0.2) is 5.16 Å². The van der Waals surface area contributed by atoms with Crippen molar-refractivity contribution in [2.24, 2.45) is 0 Å². The van der Waals surface area contributed by atoms with Gasteiger partial charge < -0.3 is 9.72 Å². The van der Waals surface area contributed by atoms with Crippen molar-refractivity contribution in [2.45, 2.75) is 36.6 Å². The van der Waals surface area contributed by atoms with E-state index < -0.39 is 0 Å². The number of aryl methyl sites for hydroxylation is 2. The normalized spacial score (nSPS) is 17.2. The molecule has 0 fully saturated rings. The minimum Gasteiger partial charge on any atom is -0.497 e. The second kappa shape index (κ2) is 5.89. The molecule has 23 heavy (non-hydrogen) atoms. The number of hydrogen-bond donors (Lipinski definition) is 1. The fourth-order valence-corrected chi connectivity index (χ4v) is 4.34. The lowest BCUT2D eigenvalue weighted by atomic mass is 9.95. The molecule has 2 aromatic heterocycles. The summed E-state index contributed by atoms with van der Waals surface area (Å²) in [4.78, 5) is 12.8. The van der Waals surface area contributed by atoms with Gasteiger partial charge in [-0.05, 0) is 49.4 Å². The van der Waals surface area contributed by atoms with Crippen LogP contribution < -0.4 is 4.74 Å². The Bertz CT molecular complexity index is 859. The Kier molecular flexibility index (Phi) is 3.73. The number of imidazole rings is 1. The first kappa shape index (κ1) is 14.6. The average Bonchev–Trinajstić information content (AvgIpc) is 2.96. The SMILES string of the molecule is COc1ccc2nc(SC3CCCc4cc(C)cnc43)[nH]c2c1. The van der Waals surface area contributed by atoms with Crippen LogP contribution in [0.1, 0.15) is 34.9 Å². The molecule has 2 heterocycles. The van der Waals surface area contributed by atoms with Crippen LogP contribution in [0.2, 0.25) is 0 Å². The number of methoxy groups -OCH3 is 1. The van der Waals surface area contributed by atoms with E-state index in [0.29, 0.717) is 5.25 Å². The zero-order valence-corrected chi connectivity index (χ0v) is 14.1. The molecule has 1 N–H and O–H groups in total. The maximum atomic E-state index is 5.27. The molecule has 0 aliphatic heterocycles. The number of fused-ring (bicyclic) bond motifs is 2. The predicted molar refractivity (Wildman–Crippen MR) is 93.2 cm³/mol. The molecule has 3 aromatic rings. The van der Waals surface area contributed by atoms with Crippen LogP contribution in [-0.2, 0) is 6.42 Å². The summed E-state index contributed by atoms with van der Waals surface area (Å²) < 4.78 is 5.27. The van der Waals surface area contributed by atoms with Crippen LogP contribution in [0, 0.1) is 6.92 Å². The molecule has 4 nitrogen and oxygen atoms in total. The van der Waals surface area contributed by atoms with E-state index in [4.69, 9.17) is 14.7 Å². The first-order valence-corrected chi connectivity index (χ1v) is 8.77. The van der Waals surface area contributed by atoms with E-state index in [9.17, 15) is 0 Å². The molecule has 0 spiro atoms. The number of thioether (sulfide) groups is 1. The van der Waals surface area contributed by atoms with Crippen LogP contribution in [0.5, 0.6) is 5.75 Å². The number of nitrogens with one attached hydrogen (secondary N) is 1. The van der Waals surface area contributed by atoms with Gasteiger partial charge in [0.1, 0.15) is 5.75 Å². The lowest BCUT2D eigenvalue weighted by molar-refractivity contribution is 0.415. The Morgan fingerprint density at radius 1 is 1.30 bits per heavy atom. The number of ether oxygens (including phenoxy) is 1. The molecule has 1 atom stereocenters. The minimum atomic E-state index is 0.377. The topological polar surface area (TPSA) is 50.8 Å². The Hall–Kier alpha value is -2.01. The number of nitrogens with zero attached hydrogens (tertiary/aromatic N) is 2. The zero-order chi connectivity index (χ0) is 15.8. The van der Waals surface area contributed by atoms with Gasteiger partial charge in [-0.25, -0.2) is 4.98 Å². The highest BCUT2D eigenvalue weighted by atomic mass is 32.2. The number of aromatic nitrogens is 3. The molecule has 4 rings (SSSR count). The molecule has 1 aliphatic rings. The lowest BCUT2D eigenvalue weighted by Crippen LogP contribution is -2.10. The number of aromatic amines is 1. The van der Waals surface area contributed by atoms with E-state index in [0.717, 1.165) is 34.8 Å². The highest BCUT2D eigenvalue weighted by molar-refractivity contribution is 7.99. The molecular weight excluding hydrogens is 306 g/mol. The molecule has 0 saturated heterocycles. The van der Waals surface area contributed by atoms with Crippen LogP contribution in [0.25, 0.3) is 11.0 Å². The van der Waals surface area contributed by atoms with Gasteiger partial charge in [0.05, 0.1) is 29.1 Å². The van der Waals surface area contributed by atoms with Crippen LogP contribution >= 0.6 is 11.8 Å². The number of benzene rings is 1. The first-order chi connectivity index (χ1) is 11.2. The monoisotopic (exact) mass is 325 g/mol. The van der Waals surface area contributed by atoms with Crippen LogP contribution in [0.4, 0.5) is 0 Å². The van der Waals surface area contributed by atoms with Gasteiger partial charge >= 0.3 is 0 Å². The van der Waals surface area contributed by atoms with Crippen molar-refractivity contribution in [2.75, 3.05) is 7.11 Å². The van der Waals surface area contributed by atoms with Crippen molar-refractivity contribution in [3.8, 4) is 5.75 Å². The van der Waals surface area contributed by atoms with Crippen molar-refractivity contribution >= 4 is 22.8 Å². The van der Waals surface area contributed by atoms with E-state index >= 15 is 0 Å². The van der Waals surface area contributed by atoms with Crippen LogP contribution in [0.3, 0.4) is 0 Å². The Morgan fingerprint density at radius 3 is 3.09 bits per heavy atom. The molecule has 118 valence electrons. The maximum absolute atomic E-state index is 5.27. The molecule has 0 bridgehead atoms. The smallest absolute Gasteiger partial charge is 0.167 e. The summed E-state index contributed by atoms with van der Waals surface area (Å²) >= 11 is 1.78. The fourth-order valence-electron chi connectivity index (χ4n) is 3.14. The number of H-pyrrole nitrogens is 1. The Labute approximate surface area is 139 Å². The summed E-state index contributed by atoms with van der Waals surface area (Å²) in [5.74, 6) is 0.845. The van der Waals surface area contributed by atoms with Gasteiger partial charge in [-0.2, -0.15) is 0 Å². The third-order valence-electron chi connectivity index (χ3n) is 4.28. The largest absolute Gasteiger partial charge is 0.497 e. The van der Waals surface area contributed by atoms with Crippen molar-refractivity contribution in [3.05, 3.63) is 47.3 Å². The summed E-state index contributed by atoms with van der Waals surface area (Å²) in [6.45, 7) is 2.11. The van der Waals surface area contributed by atoms with Crippen LogP contribution in [0.15, 0.2) is 35.6 Å². The van der Waals surface area contributed by atoms with Gasteiger partial charge in [0.25, 0.3) is 0 Å². The van der Waals surface area contributed by atoms with E-state index in [1.54, 1.807) is 18.9 Å². The standard InChI is InChI=1S/C18H19N3OS/c1-11-8-12-4-3-5-16(17(12)19-10-11)23-18-20-14-7-6-13(22-2)9-15(14)21-18/h6-10,16H,3-5H2,1-2H3,(H,20,21). The van der Waals surface area contributed by atoms with Gasteiger partial charge in [-0.1, -0.05) is 17.8 Å².